The number of nitrogens with one attached hydrogen (secondary N) is 1. The van der Waals surface area contributed by atoms with Crippen LogP contribution in [0.5, 0.6) is 40.2 Å². The van der Waals surface area contributed by atoms with Crippen LogP contribution in [-0.2, 0) is 10.0 Å². The van der Waals surface area contributed by atoms with E-state index >= 15 is 0 Å². The molecule has 0 spiro atoms. The lowest BCUT2D eigenvalue weighted by Gasteiger charge is -2.16. The van der Waals surface area contributed by atoms with Gasteiger partial charge in [0, 0.05) is 11.6 Å². The van der Waals surface area contributed by atoms with E-state index in [1.807, 2.05) is 0 Å². The molecule has 0 aromatic heterocycles. The Morgan fingerprint density at radius 3 is 1.83 bits per heavy atom. The number of methoxy groups -OCH3 is 5. The zero-order chi connectivity index (χ0) is 26.5. The van der Waals surface area contributed by atoms with E-state index in [1.54, 1.807) is 24.3 Å². The summed E-state index contributed by atoms with van der Waals surface area (Å²) in [5, 5.41) is 20.3. The molecule has 11 heteroatoms. The number of ether oxygens (including phenoxy) is 5. The van der Waals surface area contributed by atoms with E-state index in [0.717, 1.165) is 6.07 Å². The van der Waals surface area contributed by atoms with Crippen molar-refractivity contribution in [1.82, 2.24) is 0 Å². The van der Waals surface area contributed by atoms with E-state index in [9.17, 15) is 18.6 Å². The van der Waals surface area contributed by atoms with Crippen LogP contribution < -0.4 is 28.4 Å². The summed E-state index contributed by atoms with van der Waals surface area (Å²) in [6.45, 7) is 0. The number of hydrogen-bond donors (Lipinski definition) is 3. The van der Waals surface area contributed by atoms with Gasteiger partial charge in [0.05, 0.1) is 40.4 Å². The molecule has 0 bridgehead atoms. The minimum absolute atomic E-state index is 0.00324. The van der Waals surface area contributed by atoms with Gasteiger partial charge in [0.1, 0.15) is 5.69 Å². The molecule has 0 unspecified atom stereocenters. The molecule has 0 heterocycles. The lowest BCUT2D eigenvalue weighted by atomic mass is 10.1. The van der Waals surface area contributed by atoms with Crippen LogP contribution in [0.25, 0.3) is 12.2 Å². The molecule has 3 aromatic rings. The summed E-state index contributed by atoms with van der Waals surface area (Å²) in [5.41, 5.74) is 1.06. The van der Waals surface area contributed by atoms with Crippen molar-refractivity contribution in [1.29, 1.82) is 0 Å². The van der Waals surface area contributed by atoms with Crippen LogP contribution in [0.4, 0.5) is 5.69 Å². The first-order chi connectivity index (χ1) is 17.2. The van der Waals surface area contributed by atoms with Crippen LogP contribution in [0.2, 0.25) is 0 Å². The van der Waals surface area contributed by atoms with Gasteiger partial charge in [-0.1, -0.05) is 12.2 Å². The molecule has 0 amide bonds. The van der Waals surface area contributed by atoms with E-state index in [2.05, 4.69) is 4.72 Å². The maximum absolute atomic E-state index is 13.1. The van der Waals surface area contributed by atoms with E-state index in [1.165, 1.54) is 59.8 Å². The van der Waals surface area contributed by atoms with Crippen molar-refractivity contribution >= 4 is 27.9 Å². The molecule has 10 nitrogen and oxygen atoms in total. The summed E-state index contributed by atoms with van der Waals surface area (Å²) in [6, 6.07) is 10.0. The van der Waals surface area contributed by atoms with Crippen molar-refractivity contribution < 1.29 is 42.3 Å². The highest BCUT2D eigenvalue weighted by Gasteiger charge is 2.22. The van der Waals surface area contributed by atoms with Crippen LogP contribution in [0.15, 0.2) is 47.4 Å². The third-order valence-corrected chi connectivity index (χ3v) is 6.56. The number of phenolic OH excluding ortho intramolecular Hbond substituents is 2. The van der Waals surface area contributed by atoms with Gasteiger partial charge in [0.15, 0.2) is 34.5 Å². The monoisotopic (exact) mass is 517 g/mol. The first kappa shape index (κ1) is 26.4. The Hall–Kier alpha value is -4.25. The smallest absolute Gasteiger partial charge is 0.262 e. The highest BCUT2D eigenvalue weighted by molar-refractivity contribution is 7.92. The van der Waals surface area contributed by atoms with Crippen molar-refractivity contribution in [3.63, 3.8) is 0 Å². The average Bonchev–Trinajstić information content (AvgIpc) is 2.87. The zero-order valence-corrected chi connectivity index (χ0v) is 21.2. The Kier molecular flexibility index (Phi) is 8.05. The van der Waals surface area contributed by atoms with Gasteiger partial charge in [-0.15, -0.1) is 0 Å². The molecule has 0 atom stereocenters. The fourth-order valence-electron chi connectivity index (χ4n) is 3.45. The third kappa shape index (κ3) is 5.36. The Balaban J connectivity index is 2.07. The van der Waals surface area contributed by atoms with Gasteiger partial charge in [0.2, 0.25) is 5.75 Å². The fourth-order valence-corrected chi connectivity index (χ4v) is 4.56. The molecular formula is C25H27NO9S. The second-order valence-corrected chi connectivity index (χ2v) is 9.00. The van der Waals surface area contributed by atoms with Crippen LogP contribution in [-0.4, -0.2) is 54.2 Å². The second-order valence-electron chi connectivity index (χ2n) is 7.31. The molecule has 0 saturated carbocycles. The lowest BCUT2D eigenvalue weighted by molar-refractivity contribution is 0.324. The topological polar surface area (TPSA) is 133 Å². The predicted octanol–water partition coefficient (Wildman–Crippen LogP) is 4.11. The van der Waals surface area contributed by atoms with Gasteiger partial charge < -0.3 is 33.9 Å². The number of benzene rings is 3. The Morgan fingerprint density at radius 1 is 0.694 bits per heavy atom. The van der Waals surface area contributed by atoms with E-state index in [0.29, 0.717) is 28.4 Å². The molecular weight excluding hydrogens is 490 g/mol. The maximum Gasteiger partial charge on any atom is 0.262 e. The molecule has 3 N–H and O–H groups in total. The molecule has 0 fully saturated rings. The van der Waals surface area contributed by atoms with Crippen LogP contribution in [0, 0.1) is 0 Å². The summed E-state index contributed by atoms with van der Waals surface area (Å²) >= 11 is 0. The summed E-state index contributed by atoms with van der Waals surface area (Å²) in [7, 11) is 2.96. The molecule has 0 aliphatic heterocycles. The van der Waals surface area contributed by atoms with E-state index in [-0.39, 0.29) is 33.6 Å². The summed E-state index contributed by atoms with van der Waals surface area (Å²) in [5.74, 6) is 0.754. The summed E-state index contributed by atoms with van der Waals surface area (Å²) < 4.78 is 55.0. The highest BCUT2D eigenvalue weighted by Crippen LogP contribution is 2.41. The molecule has 3 aromatic carbocycles. The number of hydrogen-bond acceptors (Lipinski definition) is 9. The molecule has 0 radical (unpaired) electrons. The van der Waals surface area contributed by atoms with Gasteiger partial charge >= 0.3 is 0 Å². The Labute approximate surface area is 209 Å². The average molecular weight is 518 g/mol. The molecule has 0 saturated heterocycles. The molecule has 0 aliphatic rings. The maximum atomic E-state index is 13.1. The number of rotatable bonds is 10. The van der Waals surface area contributed by atoms with Crippen LogP contribution in [0.1, 0.15) is 11.1 Å². The van der Waals surface area contributed by atoms with Crippen molar-refractivity contribution in [3.8, 4) is 40.2 Å². The van der Waals surface area contributed by atoms with Gasteiger partial charge in [-0.3, -0.25) is 4.72 Å². The Morgan fingerprint density at radius 2 is 1.31 bits per heavy atom. The fraction of sp³-hybridized carbons (Fsp3) is 0.200. The first-order valence-corrected chi connectivity index (χ1v) is 11.9. The summed E-state index contributed by atoms with van der Waals surface area (Å²) in [4.78, 5) is -0.217. The predicted molar refractivity (Wildman–Crippen MR) is 135 cm³/mol. The van der Waals surface area contributed by atoms with Crippen molar-refractivity contribution in [3.05, 3.63) is 53.6 Å². The van der Waals surface area contributed by atoms with Crippen LogP contribution in [0.3, 0.4) is 0 Å². The normalized spacial score (nSPS) is 11.2. The quantitative estimate of drug-likeness (QED) is 0.340. The molecule has 192 valence electrons. The SMILES string of the molecule is COc1ccc(S(=O)(=O)Nc2c(C=Cc3cc(OC)c(OC)c(OC)c3)ccc(O)c2OC)cc1O. The van der Waals surface area contributed by atoms with Gasteiger partial charge in [0.25, 0.3) is 10.0 Å². The number of aromatic hydroxyl groups is 2. The molecule has 3 rings (SSSR count). The first-order valence-electron chi connectivity index (χ1n) is 10.5. The Bertz CT molecular complexity index is 1360. The number of anilines is 1. The third-order valence-electron chi connectivity index (χ3n) is 5.21. The van der Waals surface area contributed by atoms with E-state index in [4.69, 9.17) is 23.7 Å². The number of sulfonamides is 1. The summed E-state index contributed by atoms with van der Waals surface area (Å²) in [6.07, 6.45) is 3.33. The lowest BCUT2D eigenvalue weighted by Crippen LogP contribution is -2.14. The molecule has 36 heavy (non-hydrogen) atoms. The largest absolute Gasteiger partial charge is 0.504 e. The second kappa shape index (κ2) is 11.0. The standard InChI is InChI=1S/C25H27NO9S/c1-31-20-11-9-17(14-19(20)28)36(29,30)26-23-16(8-10-18(27)24(23)34-4)7-6-15-12-21(32-2)25(35-5)22(13-15)33-3/h6-14,26-28H,1-5H3. The van der Waals surface area contributed by atoms with E-state index < -0.39 is 10.0 Å². The minimum atomic E-state index is -4.19. The van der Waals surface area contributed by atoms with Crippen molar-refractivity contribution in [2.24, 2.45) is 0 Å². The van der Waals surface area contributed by atoms with Crippen molar-refractivity contribution in [2.75, 3.05) is 40.3 Å². The minimum Gasteiger partial charge on any atom is -0.504 e. The molecule has 0 aliphatic carbocycles. The van der Waals surface area contributed by atoms with Crippen LogP contribution >= 0.6 is 0 Å². The zero-order valence-electron chi connectivity index (χ0n) is 20.4. The van der Waals surface area contributed by atoms with Gasteiger partial charge in [-0.2, -0.15) is 0 Å². The number of phenols is 2. The van der Waals surface area contributed by atoms with Gasteiger partial charge in [-0.25, -0.2) is 8.42 Å². The van der Waals surface area contributed by atoms with Gasteiger partial charge in [-0.05, 0) is 42.0 Å². The highest BCUT2D eigenvalue weighted by atomic mass is 32.2. The van der Waals surface area contributed by atoms with Crippen molar-refractivity contribution in [2.45, 2.75) is 4.90 Å².